The van der Waals surface area contributed by atoms with Crippen LogP contribution in [0.3, 0.4) is 0 Å². The van der Waals surface area contributed by atoms with E-state index in [2.05, 4.69) is 47.8 Å². The summed E-state index contributed by atoms with van der Waals surface area (Å²) < 4.78 is 5.55. The van der Waals surface area contributed by atoms with Crippen LogP contribution in [-0.2, 0) is 0 Å². The van der Waals surface area contributed by atoms with Crippen molar-refractivity contribution >= 4 is 51.0 Å². The summed E-state index contributed by atoms with van der Waals surface area (Å²) in [5.41, 5.74) is 4.28. The maximum atomic E-state index is 8.66. The smallest absolute Gasteiger partial charge is 0.199 e. The molecule has 4 nitrogen and oxygen atoms in total. The lowest BCUT2D eigenvalue weighted by atomic mass is 10.0. The fourth-order valence-electron chi connectivity index (χ4n) is 4.05. The van der Waals surface area contributed by atoms with Gasteiger partial charge in [-0.2, -0.15) is 0 Å². The van der Waals surface area contributed by atoms with Crippen molar-refractivity contribution in [2.45, 2.75) is 0 Å². The highest BCUT2D eigenvalue weighted by Gasteiger charge is 2.16. The third kappa shape index (κ3) is 2.81. The van der Waals surface area contributed by atoms with Gasteiger partial charge in [0.25, 0.3) is 0 Å². The van der Waals surface area contributed by atoms with Crippen LogP contribution in [0.4, 0.5) is 11.4 Å². The molecule has 0 bridgehead atoms. The number of hydrogen-bond acceptors (Lipinski definition) is 2. The zero-order valence-electron chi connectivity index (χ0n) is 16.4. The topological polar surface area (TPSA) is 48.4 Å². The third-order valence-corrected chi connectivity index (χ3v) is 5.53. The van der Waals surface area contributed by atoms with Crippen LogP contribution >= 0.6 is 0 Å². The second kappa shape index (κ2) is 6.67. The monoisotopic (exact) mass is 379 g/mol. The molecule has 29 heavy (non-hydrogen) atoms. The highest BCUT2D eigenvalue weighted by Crippen LogP contribution is 2.37. The highest BCUT2D eigenvalue weighted by molar-refractivity contribution is 6.14. The average Bonchev–Trinajstić information content (AvgIpc) is 3.18. The van der Waals surface area contributed by atoms with Gasteiger partial charge in [0, 0.05) is 29.6 Å². The van der Waals surface area contributed by atoms with Gasteiger partial charge in [0.15, 0.2) is 5.96 Å². The van der Waals surface area contributed by atoms with Crippen molar-refractivity contribution in [3.05, 3.63) is 77.9 Å². The minimum atomic E-state index is 0.300. The van der Waals surface area contributed by atoms with Crippen molar-refractivity contribution < 1.29 is 4.74 Å². The first-order valence-corrected chi connectivity index (χ1v) is 9.55. The lowest BCUT2D eigenvalue weighted by molar-refractivity contribution is 0.420. The molecule has 2 N–H and O–H groups in total. The summed E-state index contributed by atoms with van der Waals surface area (Å²) >= 11 is 0. The van der Waals surface area contributed by atoms with E-state index in [0.717, 1.165) is 33.3 Å². The van der Waals surface area contributed by atoms with Crippen LogP contribution in [0.2, 0.25) is 0 Å². The van der Waals surface area contributed by atoms with Crippen molar-refractivity contribution in [3.8, 4) is 5.75 Å². The Bertz CT molecular complexity index is 1290. The molecule has 0 aliphatic heterocycles. The summed E-state index contributed by atoms with van der Waals surface area (Å²) in [4.78, 5) is 1.88. The Morgan fingerprint density at radius 1 is 0.897 bits per heavy atom. The molecule has 5 rings (SSSR count). The molecule has 0 atom stereocenters. The van der Waals surface area contributed by atoms with Crippen LogP contribution in [0.25, 0.3) is 33.7 Å². The van der Waals surface area contributed by atoms with Crippen LogP contribution < -0.4 is 15.0 Å². The van der Waals surface area contributed by atoms with Gasteiger partial charge in [0.1, 0.15) is 5.75 Å². The van der Waals surface area contributed by atoms with E-state index < -0.39 is 0 Å². The Morgan fingerprint density at radius 2 is 1.66 bits per heavy atom. The Balaban J connectivity index is 1.50. The standard InChI is InChI=1S/C25H21N3O/c1-28(22-13-12-17-11-10-16-7-5-9-21(22)24(16)17)25(26)27-19-14-18-6-3-4-8-20(18)23(15-19)29-2/h3-15H,1-2H3,(H2,26,27). The van der Waals surface area contributed by atoms with Gasteiger partial charge >= 0.3 is 0 Å². The predicted molar refractivity (Wildman–Crippen MR) is 123 cm³/mol. The van der Waals surface area contributed by atoms with Gasteiger partial charge in [-0.25, -0.2) is 0 Å². The molecule has 0 saturated carbocycles. The molecule has 0 unspecified atom stereocenters. The van der Waals surface area contributed by atoms with E-state index in [0.29, 0.717) is 5.96 Å². The van der Waals surface area contributed by atoms with Crippen molar-refractivity contribution in [1.29, 1.82) is 5.41 Å². The van der Waals surface area contributed by atoms with Crippen molar-refractivity contribution in [2.24, 2.45) is 0 Å². The normalized spacial score (nSPS) is 11.8. The zero-order valence-corrected chi connectivity index (χ0v) is 16.4. The number of anilines is 2. The number of methoxy groups -OCH3 is 1. The number of nitrogens with one attached hydrogen (secondary N) is 2. The zero-order chi connectivity index (χ0) is 20.0. The second-order valence-electron chi connectivity index (χ2n) is 7.21. The Kier molecular flexibility index (Phi) is 3.98. The number of hydrogen-bond donors (Lipinski definition) is 2. The first-order valence-electron chi connectivity index (χ1n) is 9.55. The molecular weight excluding hydrogens is 358 g/mol. The average molecular weight is 379 g/mol. The lowest BCUT2D eigenvalue weighted by Crippen LogP contribution is -2.32. The second-order valence-corrected chi connectivity index (χ2v) is 7.21. The van der Waals surface area contributed by atoms with E-state index in [1.54, 1.807) is 7.11 Å². The predicted octanol–water partition coefficient (Wildman–Crippen LogP) is 5.97. The summed E-state index contributed by atoms with van der Waals surface area (Å²) in [6, 6.07) is 22.6. The van der Waals surface area contributed by atoms with Crippen molar-refractivity contribution in [2.75, 3.05) is 24.4 Å². The largest absolute Gasteiger partial charge is 0.496 e. The van der Waals surface area contributed by atoms with Gasteiger partial charge in [0.2, 0.25) is 0 Å². The molecule has 0 amide bonds. The number of nitrogens with zero attached hydrogens (tertiary/aromatic N) is 1. The molecule has 1 aliphatic carbocycles. The molecule has 4 aromatic rings. The molecule has 142 valence electrons. The quantitative estimate of drug-likeness (QED) is 0.300. The van der Waals surface area contributed by atoms with E-state index in [9.17, 15) is 0 Å². The van der Waals surface area contributed by atoms with Gasteiger partial charge in [0.05, 0.1) is 12.8 Å². The molecule has 0 spiro atoms. The van der Waals surface area contributed by atoms with Crippen molar-refractivity contribution in [3.63, 3.8) is 0 Å². The van der Waals surface area contributed by atoms with Crippen LogP contribution in [-0.4, -0.2) is 20.1 Å². The molecule has 0 heterocycles. The summed E-state index contributed by atoms with van der Waals surface area (Å²) in [5, 5.41) is 16.4. The number of rotatable bonds is 3. The van der Waals surface area contributed by atoms with E-state index >= 15 is 0 Å². The minimum Gasteiger partial charge on any atom is -0.496 e. The van der Waals surface area contributed by atoms with E-state index in [4.69, 9.17) is 10.1 Å². The molecular formula is C25H21N3O. The molecule has 0 fully saturated rings. The van der Waals surface area contributed by atoms with E-state index in [1.165, 1.54) is 16.5 Å². The summed E-state index contributed by atoms with van der Waals surface area (Å²) in [6.07, 6.45) is 4.29. The SMILES string of the molecule is COc1cc(NC(=N)N(C)c2ccc3c4c(cccc24)C=C3)cc2ccccc12. The summed E-state index contributed by atoms with van der Waals surface area (Å²) in [7, 11) is 3.59. The first kappa shape index (κ1) is 17.3. The molecule has 1 aliphatic rings. The fourth-order valence-corrected chi connectivity index (χ4v) is 4.05. The Hall–Kier alpha value is -3.79. The van der Waals surface area contributed by atoms with Gasteiger partial charge in [-0.15, -0.1) is 0 Å². The Morgan fingerprint density at radius 3 is 2.48 bits per heavy atom. The van der Waals surface area contributed by atoms with Gasteiger partial charge in [-0.05, 0) is 34.0 Å². The van der Waals surface area contributed by atoms with Gasteiger partial charge < -0.3 is 15.0 Å². The van der Waals surface area contributed by atoms with E-state index in [-0.39, 0.29) is 0 Å². The third-order valence-electron chi connectivity index (χ3n) is 5.53. The first-order chi connectivity index (χ1) is 14.2. The van der Waals surface area contributed by atoms with Crippen molar-refractivity contribution in [1.82, 2.24) is 0 Å². The number of guanidine groups is 1. The van der Waals surface area contributed by atoms with Gasteiger partial charge in [-0.1, -0.05) is 60.7 Å². The van der Waals surface area contributed by atoms with Crippen LogP contribution in [0.1, 0.15) is 11.1 Å². The summed E-state index contributed by atoms with van der Waals surface area (Å²) in [6.45, 7) is 0. The Labute approximate surface area is 169 Å². The highest BCUT2D eigenvalue weighted by atomic mass is 16.5. The van der Waals surface area contributed by atoms with Gasteiger partial charge in [-0.3, -0.25) is 5.41 Å². The van der Waals surface area contributed by atoms with Crippen LogP contribution in [0.15, 0.2) is 66.7 Å². The molecule has 0 aromatic heterocycles. The molecule has 4 heteroatoms. The number of benzene rings is 4. The molecule has 0 radical (unpaired) electrons. The summed E-state index contributed by atoms with van der Waals surface area (Å²) in [5.74, 6) is 1.09. The van der Waals surface area contributed by atoms with Crippen LogP contribution in [0, 0.1) is 5.41 Å². The maximum absolute atomic E-state index is 8.66. The number of ether oxygens (including phenoxy) is 1. The van der Waals surface area contributed by atoms with Crippen LogP contribution in [0.5, 0.6) is 5.75 Å². The molecule has 0 saturated heterocycles. The maximum Gasteiger partial charge on any atom is 0.199 e. The minimum absolute atomic E-state index is 0.300. The lowest BCUT2D eigenvalue weighted by Gasteiger charge is -2.23. The fraction of sp³-hybridized carbons (Fsp3) is 0.0800. The number of fused-ring (bicyclic) bond motifs is 1. The van der Waals surface area contributed by atoms with E-state index in [1.807, 2.05) is 48.3 Å². The molecule has 4 aromatic carbocycles.